The molecule has 0 atom stereocenters. The highest BCUT2D eigenvalue weighted by Gasteiger charge is 2.08. The molecular formula is C14H23N. The van der Waals surface area contributed by atoms with E-state index in [1.807, 2.05) is 0 Å². The van der Waals surface area contributed by atoms with Crippen molar-refractivity contribution in [3.8, 4) is 0 Å². The zero-order valence-electron chi connectivity index (χ0n) is 10.2. The van der Waals surface area contributed by atoms with Crippen LogP contribution in [0.3, 0.4) is 0 Å². The van der Waals surface area contributed by atoms with E-state index in [1.54, 1.807) is 0 Å². The van der Waals surface area contributed by atoms with Crippen molar-refractivity contribution in [3.63, 3.8) is 0 Å². The summed E-state index contributed by atoms with van der Waals surface area (Å²) < 4.78 is 0. The summed E-state index contributed by atoms with van der Waals surface area (Å²) >= 11 is 0. The van der Waals surface area contributed by atoms with Crippen LogP contribution in [-0.2, 0) is 6.42 Å². The summed E-state index contributed by atoms with van der Waals surface area (Å²) in [6.45, 7) is 6.32. The van der Waals surface area contributed by atoms with Crippen molar-refractivity contribution in [2.45, 2.75) is 52.0 Å². The number of hydrogen-bond acceptors (Lipinski definition) is 1. The van der Waals surface area contributed by atoms with Crippen LogP contribution in [-0.4, -0.2) is 5.54 Å². The first-order valence-electron chi connectivity index (χ1n) is 5.82. The number of hydrogen-bond donors (Lipinski definition) is 1. The van der Waals surface area contributed by atoms with Gasteiger partial charge in [0, 0.05) is 5.54 Å². The number of benzene rings is 1. The minimum Gasteiger partial charge on any atom is -0.326 e. The molecule has 1 aromatic carbocycles. The van der Waals surface area contributed by atoms with Crippen molar-refractivity contribution in [2.24, 2.45) is 5.73 Å². The zero-order valence-corrected chi connectivity index (χ0v) is 10.2. The molecule has 0 heterocycles. The van der Waals surface area contributed by atoms with Gasteiger partial charge in [-0.15, -0.1) is 0 Å². The lowest BCUT2D eigenvalue weighted by Crippen LogP contribution is -2.31. The molecule has 0 bridgehead atoms. The predicted octanol–water partition coefficient (Wildman–Crippen LogP) is 3.45. The molecule has 0 amide bonds. The predicted molar refractivity (Wildman–Crippen MR) is 67.0 cm³/mol. The third-order valence-electron chi connectivity index (χ3n) is 2.66. The van der Waals surface area contributed by atoms with Gasteiger partial charge in [-0.1, -0.05) is 36.2 Å². The average molecular weight is 205 g/mol. The van der Waals surface area contributed by atoms with Crippen molar-refractivity contribution in [1.82, 2.24) is 0 Å². The van der Waals surface area contributed by atoms with Crippen molar-refractivity contribution in [2.75, 3.05) is 0 Å². The molecule has 0 aliphatic heterocycles. The number of aryl methyl sites for hydroxylation is 2. The Morgan fingerprint density at radius 3 is 2.20 bits per heavy atom. The minimum atomic E-state index is -0.00667. The molecule has 1 heteroatoms. The summed E-state index contributed by atoms with van der Waals surface area (Å²) in [7, 11) is 0. The van der Waals surface area contributed by atoms with E-state index in [1.165, 1.54) is 30.4 Å². The topological polar surface area (TPSA) is 26.0 Å². The molecule has 0 aliphatic rings. The summed E-state index contributed by atoms with van der Waals surface area (Å²) in [6.07, 6.45) is 4.75. The molecule has 0 saturated carbocycles. The van der Waals surface area contributed by atoms with Crippen molar-refractivity contribution in [1.29, 1.82) is 0 Å². The lowest BCUT2D eigenvalue weighted by Gasteiger charge is -2.17. The largest absolute Gasteiger partial charge is 0.326 e. The van der Waals surface area contributed by atoms with E-state index in [9.17, 15) is 0 Å². The standard InChI is InChI=1S/C14H23N/c1-12-7-9-13(10-8-12)6-4-5-11-14(2,3)15/h7-10H,4-6,11,15H2,1-3H3. The molecule has 84 valence electrons. The monoisotopic (exact) mass is 205 g/mol. The minimum absolute atomic E-state index is 0.00667. The summed E-state index contributed by atoms with van der Waals surface area (Å²) in [6, 6.07) is 8.82. The zero-order chi connectivity index (χ0) is 11.3. The second-order valence-electron chi connectivity index (χ2n) is 5.18. The first-order valence-corrected chi connectivity index (χ1v) is 5.82. The smallest absolute Gasteiger partial charge is 0.00970 e. The molecule has 0 aromatic heterocycles. The summed E-state index contributed by atoms with van der Waals surface area (Å²) in [4.78, 5) is 0. The molecule has 0 radical (unpaired) electrons. The van der Waals surface area contributed by atoms with Crippen LogP contribution < -0.4 is 5.73 Å². The van der Waals surface area contributed by atoms with Crippen LogP contribution in [0.25, 0.3) is 0 Å². The maximum Gasteiger partial charge on any atom is 0.00970 e. The van der Waals surface area contributed by atoms with E-state index < -0.39 is 0 Å². The van der Waals surface area contributed by atoms with Gasteiger partial charge in [-0.05, 0) is 45.6 Å². The quantitative estimate of drug-likeness (QED) is 0.732. The Morgan fingerprint density at radius 1 is 1.07 bits per heavy atom. The van der Waals surface area contributed by atoms with Gasteiger partial charge < -0.3 is 5.73 Å². The van der Waals surface area contributed by atoms with E-state index in [-0.39, 0.29) is 5.54 Å². The summed E-state index contributed by atoms with van der Waals surface area (Å²) in [5.41, 5.74) is 8.70. The Morgan fingerprint density at radius 2 is 1.67 bits per heavy atom. The highest BCUT2D eigenvalue weighted by atomic mass is 14.7. The fourth-order valence-corrected chi connectivity index (χ4v) is 1.66. The van der Waals surface area contributed by atoms with Crippen molar-refractivity contribution < 1.29 is 0 Å². The first kappa shape index (κ1) is 12.3. The van der Waals surface area contributed by atoms with Crippen LogP contribution in [0.2, 0.25) is 0 Å². The maximum atomic E-state index is 5.93. The molecule has 0 fully saturated rings. The molecule has 0 aliphatic carbocycles. The second-order valence-corrected chi connectivity index (χ2v) is 5.18. The number of unbranched alkanes of at least 4 members (excludes halogenated alkanes) is 1. The Bertz CT molecular complexity index is 279. The van der Waals surface area contributed by atoms with Gasteiger partial charge in [0.2, 0.25) is 0 Å². The first-order chi connectivity index (χ1) is 6.97. The Balaban J connectivity index is 2.23. The van der Waals surface area contributed by atoms with E-state index in [4.69, 9.17) is 5.73 Å². The van der Waals surface area contributed by atoms with Gasteiger partial charge in [-0.3, -0.25) is 0 Å². The van der Waals surface area contributed by atoms with Crippen LogP contribution in [0.4, 0.5) is 0 Å². The Kier molecular flexibility index (Phi) is 4.34. The fraction of sp³-hybridized carbons (Fsp3) is 0.571. The van der Waals surface area contributed by atoms with Crippen LogP contribution in [0.15, 0.2) is 24.3 Å². The lowest BCUT2D eigenvalue weighted by atomic mass is 9.97. The Hall–Kier alpha value is -0.820. The highest BCUT2D eigenvalue weighted by molar-refractivity contribution is 5.21. The number of nitrogens with two attached hydrogens (primary N) is 1. The highest BCUT2D eigenvalue weighted by Crippen LogP contribution is 2.12. The summed E-state index contributed by atoms with van der Waals surface area (Å²) in [5.74, 6) is 0. The average Bonchev–Trinajstić information content (AvgIpc) is 2.14. The fourth-order valence-electron chi connectivity index (χ4n) is 1.66. The van der Waals surface area contributed by atoms with Gasteiger partial charge in [0.15, 0.2) is 0 Å². The van der Waals surface area contributed by atoms with Crippen LogP contribution in [0.1, 0.15) is 44.2 Å². The van der Waals surface area contributed by atoms with Crippen molar-refractivity contribution >= 4 is 0 Å². The van der Waals surface area contributed by atoms with E-state index in [2.05, 4.69) is 45.0 Å². The molecule has 2 N–H and O–H groups in total. The van der Waals surface area contributed by atoms with Gasteiger partial charge in [0.05, 0.1) is 0 Å². The van der Waals surface area contributed by atoms with Crippen LogP contribution in [0, 0.1) is 6.92 Å². The van der Waals surface area contributed by atoms with Gasteiger partial charge in [-0.25, -0.2) is 0 Å². The second kappa shape index (κ2) is 5.32. The van der Waals surface area contributed by atoms with Crippen molar-refractivity contribution in [3.05, 3.63) is 35.4 Å². The molecule has 0 unspecified atom stereocenters. The third-order valence-corrected chi connectivity index (χ3v) is 2.66. The van der Waals surface area contributed by atoms with E-state index in [0.29, 0.717) is 0 Å². The normalized spacial score (nSPS) is 11.7. The molecule has 0 spiro atoms. The van der Waals surface area contributed by atoms with Gasteiger partial charge in [0.1, 0.15) is 0 Å². The van der Waals surface area contributed by atoms with Gasteiger partial charge in [0.25, 0.3) is 0 Å². The maximum absolute atomic E-state index is 5.93. The van der Waals surface area contributed by atoms with Gasteiger partial charge in [-0.2, -0.15) is 0 Å². The van der Waals surface area contributed by atoms with E-state index >= 15 is 0 Å². The molecule has 1 aromatic rings. The van der Waals surface area contributed by atoms with Crippen LogP contribution in [0.5, 0.6) is 0 Å². The lowest BCUT2D eigenvalue weighted by molar-refractivity contribution is 0.450. The molecule has 0 saturated heterocycles. The third kappa shape index (κ3) is 5.58. The van der Waals surface area contributed by atoms with E-state index in [0.717, 1.165) is 6.42 Å². The Labute approximate surface area is 93.7 Å². The van der Waals surface area contributed by atoms with Crippen LogP contribution >= 0.6 is 0 Å². The molecule has 1 nitrogen and oxygen atoms in total. The number of rotatable bonds is 5. The van der Waals surface area contributed by atoms with Gasteiger partial charge >= 0.3 is 0 Å². The summed E-state index contributed by atoms with van der Waals surface area (Å²) in [5, 5.41) is 0. The SMILES string of the molecule is Cc1ccc(CCCCC(C)(C)N)cc1. The molecule has 1 rings (SSSR count). The molecular weight excluding hydrogens is 182 g/mol. The molecule has 15 heavy (non-hydrogen) atoms.